The summed E-state index contributed by atoms with van der Waals surface area (Å²) in [6.07, 6.45) is 2.00. The third kappa shape index (κ3) is 3.49. The third-order valence-corrected chi connectivity index (χ3v) is 6.57. The fourth-order valence-electron chi connectivity index (χ4n) is 4.35. The Balaban J connectivity index is 1.80. The number of ether oxygens (including phenoxy) is 1. The standard InChI is InChI=1S/C21H28N4O2S/c1-5-17-22-21-25(23-17)20(26)19(28-21)18(15-6-8-16(27-4)9-7-15)24-11-13(2)10-14(3)12-24/h6-9,13-14,18,26H,5,10-12H2,1-4H3/t13-,14-,18+/m0/s1. The van der Waals surface area contributed by atoms with Crippen LogP contribution >= 0.6 is 11.3 Å². The van der Waals surface area contributed by atoms with Gasteiger partial charge in [-0.2, -0.15) is 4.52 Å². The molecule has 0 amide bonds. The summed E-state index contributed by atoms with van der Waals surface area (Å²) in [4.78, 5) is 8.71. The van der Waals surface area contributed by atoms with Crippen LogP contribution in [0.5, 0.6) is 11.6 Å². The predicted octanol–water partition coefficient (Wildman–Crippen LogP) is 4.13. The molecule has 0 unspecified atom stereocenters. The predicted molar refractivity (Wildman–Crippen MR) is 111 cm³/mol. The van der Waals surface area contributed by atoms with Crippen LogP contribution in [0.4, 0.5) is 0 Å². The highest BCUT2D eigenvalue weighted by molar-refractivity contribution is 7.17. The Morgan fingerprint density at radius 2 is 1.89 bits per heavy atom. The number of aryl methyl sites for hydroxylation is 1. The number of piperidine rings is 1. The van der Waals surface area contributed by atoms with Gasteiger partial charge in [-0.15, -0.1) is 5.10 Å². The second-order valence-corrected chi connectivity index (χ2v) is 8.95. The molecule has 0 saturated carbocycles. The van der Waals surface area contributed by atoms with E-state index in [1.165, 1.54) is 17.8 Å². The van der Waals surface area contributed by atoms with E-state index in [0.29, 0.717) is 11.8 Å². The van der Waals surface area contributed by atoms with Crippen molar-refractivity contribution in [1.29, 1.82) is 0 Å². The Bertz CT molecular complexity index is 939. The molecular weight excluding hydrogens is 372 g/mol. The lowest BCUT2D eigenvalue weighted by atomic mass is 9.89. The summed E-state index contributed by atoms with van der Waals surface area (Å²) >= 11 is 1.54. The van der Waals surface area contributed by atoms with Gasteiger partial charge < -0.3 is 9.84 Å². The molecule has 1 aliphatic rings. The quantitative estimate of drug-likeness (QED) is 0.698. The number of methoxy groups -OCH3 is 1. The average molecular weight is 401 g/mol. The monoisotopic (exact) mass is 400 g/mol. The van der Waals surface area contributed by atoms with Gasteiger partial charge in [0, 0.05) is 19.5 Å². The third-order valence-electron chi connectivity index (χ3n) is 5.50. The Kier molecular flexibility index (Phi) is 5.29. The van der Waals surface area contributed by atoms with Crippen LogP contribution in [0, 0.1) is 11.8 Å². The Morgan fingerprint density at radius 3 is 2.46 bits per heavy atom. The van der Waals surface area contributed by atoms with Crippen molar-refractivity contribution in [3.63, 3.8) is 0 Å². The van der Waals surface area contributed by atoms with Crippen LogP contribution in [-0.2, 0) is 6.42 Å². The average Bonchev–Trinajstić information content (AvgIpc) is 3.21. The van der Waals surface area contributed by atoms with E-state index >= 15 is 0 Å². The SMILES string of the molecule is CCc1nc2sc([C@@H](c3ccc(OC)cc3)N3C[C@@H](C)C[C@H](C)C3)c(O)n2n1. The van der Waals surface area contributed by atoms with Gasteiger partial charge >= 0.3 is 0 Å². The minimum Gasteiger partial charge on any atom is -0.497 e. The lowest BCUT2D eigenvalue weighted by Gasteiger charge is -2.40. The van der Waals surface area contributed by atoms with E-state index in [0.717, 1.165) is 46.5 Å². The second kappa shape index (κ2) is 7.72. The maximum atomic E-state index is 11.0. The van der Waals surface area contributed by atoms with Gasteiger partial charge in [0.05, 0.1) is 18.0 Å². The molecule has 3 aromatic rings. The highest BCUT2D eigenvalue weighted by atomic mass is 32.1. The Hall–Kier alpha value is -2.12. The van der Waals surface area contributed by atoms with E-state index in [4.69, 9.17) is 4.74 Å². The molecule has 1 fully saturated rings. The van der Waals surface area contributed by atoms with Gasteiger partial charge in [-0.25, -0.2) is 4.98 Å². The molecule has 0 aliphatic carbocycles. The van der Waals surface area contributed by atoms with Crippen LogP contribution in [0.2, 0.25) is 0 Å². The van der Waals surface area contributed by atoms with Crippen LogP contribution in [0.25, 0.3) is 4.96 Å². The lowest BCUT2D eigenvalue weighted by molar-refractivity contribution is 0.112. The van der Waals surface area contributed by atoms with Gasteiger partial charge in [0.25, 0.3) is 0 Å². The molecule has 1 aromatic carbocycles. The number of hydrogen-bond acceptors (Lipinski definition) is 6. The van der Waals surface area contributed by atoms with Crippen molar-refractivity contribution in [3.8, 4) is 11.6 Å². The van der Waals surface area contributed by atoms with E-state index in [9.17, 15) is 5.11 Å². The van der Waals surface area contributed by atoms with Crippen molar-refractivity contribution in [2.45, 2.75) is 39.7 Å². The number of rotatable bonds is 5. The molecule has 0 bridgehead atoms. The van der Waals surface area contributed by atoms with Crippen molar-refractivity contribution < 1.29 is 9.84 Å². The molecule has 0 radical (unpaired) electrons. The van der Waals surface area contributed by atoms with Gasteiger partial charge in [-0.05, 0) is 36.0 Å². The van der Waals surface area contributed by atoms with Crippen LogP contribution in [0.1, 0.15) is 49.5 Å². The zero-order valence-electron chi connectivity index (χ0n) is 16.9. The second-order valence-electron chi connectivity index (χ2n) is 7.94. The first kappa shape index (κ1) is 19.2. The van der Waals surface area contributed by atoms with Crippen LogP contribution in [-0.4, -0.2) is 44.8 Å². The number of hydrogen-bond donors (Lipinski definition) is 1. The number of thiazole rings is 1. The van der Waals surface area contributed by atoms with Gasteiger partial charge in [-0.3, -0.25) is 4.90 Å². The fourth-order valence-corrected chi connectivity index (χ4v) is 5.49. The summed E-state index contributed by atoms with van der Waals surface area (Å²) in [5.74, 6) is 3.05. The molecule has 1 saturated heterocycles. The normalized spacial score (nSPS) is 21.9. The zero-order chi connectivity index (χ0) is 19.8. The van der Waals surface area contributed by atoms with E-state index in [1.807, 2.05) is 19.1 Å². The van der Waals surface area contributed by atoms with E-state index in [-0.39, 0.29) is 11.9 Å². The minimum absolute atomic E-state index is 0.0188. The zero-order valence-corrected chi connectivity index (χ0v) is 17.7. The molecular formula is C21H28N4O2S. The molecule has 150 valence electrons. The molecule has 3 heterocycles. The first-order valence-corrected chi connectivity index (χ1v) is 10.8. The molecule has 2 aromatic heterocycles. The summed E-state index contributed by atoms with van der Waals surface area (Å²) in [7, 11) is 1.68. The highest BCUT2D eigenvalue weighted by Crippen LogP contribution is 2.42. The molecule has 0 spiro atoms. The number of likely N-dealkylation sites (tertiary alicyclic amines) is 1. The van der Waals surface area contributed by atoms with Crippen molar-refractivity contribution >= 4 is 16.3 Å². The van der Waals surface area contributed by atoms with Crippen LogP contribution in [0.3, 0.4) is 0 Å². The van der Waals surface area contributed by atoms with Crippen LogP contribution < -0.4 is 4.74 Å². The first-order chi connectivity index (χ1) is 13.5. The summed E-state index contributed by atoms with van der Waals surface area (Å²) in [5.41, 5.74) is 1.15. The number of fused-ring (bicyclic) bond motifs is 1. The molecule has 28 heavy (non-hydrogen) atoms. The fraction of sp³-hybridized carbons (Fsp3) is 0.524. The number of benzene rings is 1. The molecule has 1 N–H and O–H groups in total. The topological polar surface area (TPSA) is 62.9 Å². The van der Waals surface area contributed by atoms with E-state index in [2.05, 4.69) is 41.0 Å². The molecule has 3 atom stereocenters. The van der Waals surface area contributed by atoms with Gasteiger partial charge in [0.15, 0.2) is 5.82 Å². The minimum atomic E-state index is -0.0188. The first-order valence-electron chi connectivity index (χ1n) is 9.95. The molecule has 7 heteroatoms. The number of aromatic nitrogens is 3. The largest absolute Gasteiger partial charge is 0.497 e. The van der Waals surface area contributed by atoms with Gasteiger partial charge in [0.1, 0.15) is 5.75 Å². The lowest BCUT2D eigenvalue weighted by Crippen LogP contribution is -2.41. The maximum absolute atomic E-state index is 11.0. The van der Waals surface area contributed by atoms with Crippen molar-refractivity contribution in [2.75, 3.05) is 20.2 Å². The van der Waals surface area contributed by atoms with Gasteiger partial charge in [-0.1, -0.05) is 44.2 Å². The van der Waals surface area contributed by atoms with Crippen LogP contribution in [0.15, 0.2) is 24.3 Å². The van der Waals surface area contributed by atoms with Crippen molar-refractivity contribution in [3.05, 3.63) is 40.5 Å². The molecule has 4 rings (SSSR count). The summed E-state index contributed by atoms with van der Waals surface area (Å²) in [6, 6.07) is 8.15. The summed E-state index contributed by atoms with van der Waals surface area (Å²) in [5, 5.41) is 15.5. The number of aromatic hydroxyl groups is 1. The Morgan fingerprint density at radius 1 is 1.21 bits per heavy atom. The van der Waals surface area contributed by atoms with E-state index in [1.54, 1.807) is 11.6 Å². The van der Waals surface area contributed by atoms with Crippen molar-refractivity contribution in [1.82, 2.24) is 19.5 Å². The van der Waals surface area contributed by atoms with Crippen molar-refractivity contribution in [2.24, 2.45) is 11.8 Å². The summed E-state index contributed by atoms with van der Waals surface area (Å²) in [6.45, 7) is 8.66. The maximum Gasteiger partial charge on any atom is 0.230 e. The van der Waals surface area contributed by atoms with Gasteiger partial charge in [0.2, 0.25) is 10.8 Å². The van der Waals surface area contributed by atoms with E-state index < -0.39 is 0 Å². The smallest absolute Gasteiger partial charge is 0.230 e. The number of nitrogens with zero attached hydrogens (tertiary/aromatic N) is 4. The Labute approximate surface area is 169 Å². The highest BCUT2D eigenvalue weighted by Gasteiger charge is 2.33. The molecule has 1 aliphatic heterocycles. The summed E-state index contributed by atoms with van der Waals surface area (Å²) < 4.78 is 6.92. The molecule has 6 nitrogen and oxygen atoms in total.